The molecule has 0 bridgehead atoms. The van der Waals surface area contributed by atoms with Gasteiger partial charge in [0, 0.05) is 36.1 Å². The molecule has 0 atom stereocenters. The Morgan fingerprint density at radius 2 is 1.89 bits per heavy atom. The molecule has 2 rings (SSSR count). The first kappa shape index (κ1) is 21.5. The van der Waals surface area contributed by atoms with Gasteiger partial charge in [0.2, 0.25) is 5.75 Å². The van der Waals surface area contributed by atoms with E-state index >= 15 is 0 Å². The van der Waals surface area contributed by atoms with Crippen LogP contribution < -0.4 is 4.74 Å². The summed E-state index contributed by atoms with van der Waals surface area (Å²) in [4.78, 5) is 46.5. The molecule has 0 fully saturated rings. The number of imide groups is 1. The van der Waals surface area contributed by atoms with E-state index in [-0.39, 0.29) is 35.4 Å². The van der Waals surface area contributed by atoms with E-state index in [2.05, 4.69) is 9.37 Å². The Kier molecular flexibility index (Phi) is 8.07. The van der Waals surface area contributed by atoms with Gasteiger partial charge in [0.15, 0.2) is 0 Å². The van der Waals surface area contributed by atoms with Crippen LogP contribution in [0, 0.1) is 10.1 Å². The SMILES string of the molecule is O=C(CCCCCN1C(=O)C=CC1=O)Oc1ccc(SOOO)cc1[N+](=O)[O-]. The van der Waals surface area contributed by atoms with Crippen molar-refractivity contribution in [2.75, 3.05) is 6.54 Å². The van der Waals surface area contributed by atoms with Crippen LogP contribution >= 0.6 is 12.0 Å². The molecule has 0 saturated carbocycles. The summed E-state index contributed by atoms with van der Waals surface area (Å²) in [5.74, 6) is -1.57. The van der Waals surface area contributed by atoms with E-state index in [9.17, 15) is 24.5 Å². The minimum Gasteiger partial charge on any atom is -0.419 e. The monoisotopic (exact) mass is 412 g/mol. The van der Waals surface area contributed by atoms with Crippen molar-refractivity contribution in [2.45, 2.75) is 30.6 Å². The maximum atomic E-state index is 11.9. The molecule has 1 heterocycles. The van der Waals surface area contributed by atoms with Crippen molar-refractivity contribution in [1.29, 1.82) is 0 Å². The number of nitro groups is 1. The number of ether oxygens (including phenoxy) is 1. The van der Waals surface area contributed by atoms with Crippen LogP contribution in [0.25, 0.3) is 0 Å². The van der Waals surface area contributed by atoms with Gasteiger partial charge in [0.05, 0.1) is 17.0 Å². The first-order valence-electron chi connectivity index (χ1n) is 8.10. The first-order valence-corrected chi connectivity index (χ1v) is 8.84. The minimum absolute atomic E-state index is 0.0231. The van der Waals surface area contributed by atoms with Crippen LogP contribution in [0.1, 0.15) is 25.7 Å². The molecular weight excluding hydrogens is 396 g/mol. The Morgan fingerprint density at radius 1 is 1.18 bits per heavy atom. The van der Waals surface area contributed by atoms with E-state index < -0.39 is 16.6 Å². The second-order valence-corrected chi connectivity index (χ2v) is 6.33. The van der Waals surface area contributed by atoms with E-state index in [0.717, 1.165) is 11.0 Å². The van der Waals surface area contributed by atoms with Gasteiger partial charge >= 0.3 is 11.7 Å². The van der Waals surface area contributed by atoms with E-state index in [1.54, 1.807) is 0 Å². The van der Waals surface area contributed by atoms with Crippen molar-refractivity contribution in [3.8, 4) is 5.75 Å². The van der Waals surface area contributed by atoms with Crippen LogP contribution in [-0.2, 0) is 23.8 Å². The van der Waals surface area contributed by atoms with Crippen LogP contribution in [0.15, 0.2) is 35.2 Å². The Labute approximate surface area is 163 Å². The third-order valence-corrected chi connectivity index (χ3v) is 4.25. The number of rotatable bonds is 11. The molecule has 0 saturated heterocycles. The standard InChI is InChI=1S/C16H16N2O9S/c19-14-7-8-15(20)17(14)9-3-1-2-4-16(21)25-13-6-5-11(28-27-26-24)10-12(13)18(22)23/h5-8,10,24H,1-4,9H2. The molecule has 2 amide bonds. The van der Waals surface area contributed by atoms with Gasteiger partial charge in [-0.2, -0.15) is 0 Å². The van der Waals surface area contributed by atoms with Crippen molar-refractivity contribution >= 4 is 35.5 Å². The lowest BCUT2D eigenvalue weighted by Gasteiger charge is -2.12. The van der Waals surface area contributed by atoms with Crippen molar-refractivity contribution < 1.29 is 38.7 Å². The highest BCUT2D eigenvalue weighted by molar-refractivity contribution is 7.94. The van der Waals surface area contributed by atoms with Crippen LogP contribution in [0.5, 0.6) is 5.75 Å². The van der Waals surface area contributed by atoms with Crippen LogP contribution in [-0.4, -0.2) is 39.4 Å². The quantitative estimate of drug-likeness (QED) is 0.0840. The lowest BCUT2D eigenvalue weighted by molar-refractivity contribution is -0.432. The third-order valence-electron chi connectivity index (χ3n) is 3.67. The predicted octanol–water partition coefficient (Wildman–Crippen LogP) is 2.41. The Balaban J connectivity index is 1.78. The number of nitro benzene ring substituents is 1. The fourth-order valence-corrected chi connectivity index (χ4v) is 2.77. The fourth-order valence-electron chi connectivity index (χ4n) is 2.37. The number of nitrogens with zero attached hydrogens (tertiary/aromatic N) is 2. The highest BCUT2D eigenvalue weighted by Crippen LogP contribution is 2.32. The van der Waals surface area contributed by atoms with Gasteiger partial charge in [0.25, 0.3) is 11.8 Å². The van der Waals surface area contributed by atoms with Crippen LogP contribution in [0.3, 0.4) is 0 Å². The molecule has 1 aliphatic heterocycles. The highest BCUT2D eigenvalue weighted by Gasteiger charge is 2.22. The molecule has 0 aliphatic carbocycles. The van der Waals surface area contributed by atoms with E-state index in [1.807, 2.05) is 0 Å². The van der Waals surface area contributed by atoms with E-state index in [0.29, 0.717) is 31.3 Å². The zero-order valence-electron chi connectivity index (χ0n) is 14.4. The van der Waals surface area contributed by atoms with Crippen LogP contribution in [0.4, 0.5) is 5.69 Å². The second-order valence-electron chi connectivity index (χ2n) is 5.56. The molecule has 0 aromatic heterocycles. The summed E-state index contributed by atoms with van der Waals surface area (Å²) in [7, 11) is 0. The average molecular weight is 412 g/mol. The van der Waals surface area contributed by atoms with Gasteiger partial charge in [-0.1, -0.05) is 11.5 Å². The molecule has 11 nitrogen and oxygen atoms in total. The van der Waals surface area contributed by atoms with Crippen molar-refractivity contribution in [3.63, 3.8) is 0 Å². The molecule has 28 heavy (non-hydrogen) atoms. The summed E-state index contributed by atoms with van der Waals surface area (Å²) in [5.41, 5.74) is -0.446. The molecule has 12 heteroatoms. The molecule has 0 spiro atoms. The van der Waals surface area contributed by atoms with E-state index in [1.165, 1.54) is 24.3 Å². The second kappa shape index (κ2) is 10.5. The largest absolute Gasteiger partial charge is 0.419 e. The summed E-state index contributed by atoms with van der Waals surface area (Å²) in [6.45, 7) is 0.268. The summed E-state index contributed by atoms with van der Waals surface area (Å²) in [5, 5.41) is 22.6. The summed E-state index contributed by atoms with van der Waals surface area (Å²) in [6, 6.07) is 3.72. The van der Waals surface area contributed by atoms with Gasteiger partial charge in [0.1, 0.15) is 0 Å². The number of hydrogen-bond acceptors (Lipinski definition) is 10. The van der Waals surface area contributed by atoms with E-state index in [4.69, 9.17) is 9.99 Å². The minimum atomic E-state index is -0.718. The van der Waals surface area contributed by atoms with Gasteiger partial charge in [-0.05, 0) is 25.0 Å². The molecule has 1 aliphatic rings. The number of unbranched alkanes of at least 4 members (excludes halogenated alkanes) is 2. The van der Waals surface area contributed by atoms with Gasteiger partial charge in [-0.15, -0.1) is 4.33 Å². The fraction of sp³-hybridized carbons (Fsp3) is 0.312. The van der Waals surface area contributed by atoms with Crippen molar-refractivity contribution in [1.82, 2.24) is 4.90 Å². The molecule has 1 aromatic carbocycles. The lowest BCUT2D eigenvalue weighted by atomic mass is 10.2. The normalized spacial score (nSPS) is 13.2. The number of esters is 1. The molecular formula is C16H16N2O9S. The molecule has 150 valence electrons. The topological polar surface area (TPSA) is 146 Å². The third kappa shape index (κ3) is 6.13. The Bertz CT molecular complexity index is 778. The number of amides is 2. The maximum Gasteiger partial charge on any atom is 0.312 e. The zero-order valence-corrected chi connectivity index (χ0v) is 15.3. The Hall–Kier alpha value is -2.80. The number of carbonyl (C=O) groups is 3. The van der Waals surface area contributed by atoms with Gasteiger partial charge < -0.3 is 4.74 Å². The van der Waals surface area contributed by atoms with Gasteiger partial charge in [-0.25, -0.2) is 5.26 Å². The summed E-state index contributed by atoms with van der Waals surface area (Å²) in [6.07, 6.45) is 3.98. The van der Waals surface area contributed by atoms with Crippen molar-refractivity contribution in [2.24, 2.45) is 0 Å². The molecule has 0 unspecified atom stereocenters. The highest BCUT2D eigenvalue weighted by atomic mass is 32.2. The van der Waals surface area contributed by atoms with Crippen LogP contribution in [0.2, 0.25) is 0 Å². The summed E-state index contributed by atoms with van der Waals surface area (Å²) >= 11 is 0.536. The van der Waals surface area contributed by atoms with Gasteiger partial charge in [-0.3, -0.25) is 29.4 Å². The molecule has 1 N–H and O–H groups in total. The number of benzene rings is 1. The Morgan fingerprint density at radius 3 is 2.54 bits per heavy atom. The smallest absolute Gasteiger partial charge is 0.312 e. The average Bonchev–Trinajstić information content (AvgIpc) is 2.98. The summed E-state index contributed by atoms with van der Waals surface area (Å²) < 4.78 is 9.23. The molecule has 0 radical (unpaired) electrons. The lowest BCUT2D eigenvalue weighted by Crippen LogP contribution is -2.30. The number of carbonyl (C=O) groups excluding carboxylic acids is 3. The predicted molar refractivity (Wildman–Crippen MR) is 93.7 cm³/mol. The first-order chi connectivity index (χ1) is 13.4. The molecule has 1 aromatic rings. The zero-order chi connectivity index (χ0) is 20.5. The maximum absolute atomic E-state index is 11.9. The number of hydrogen-bond donors (Lipinski definition) is 1. The van der Waals surface area contributed by atoms with Crippen molar-refractivity contribution in [3.05, 3.63) is 40.5 Å².